The first-order chi connectivity index (χ1) is 12.6. The largest absolute Gasteiger partial charge is 0.399 e. The molecule has 4 N–H and O–H groups in total. The molecule has 2 unspecified atom stereocenters. The average Bonchev–Trinajstić information content (AvgIpc) is 3.21. The third kappa shape index (κ3) is 3.07. The topological polar surface area (TPSA) is 97.2 Å². The highest BCUT2D eigenvalue weighted by Gasteiger charge is 2.30. The molecule has 2 atom stereocenters. The minimum atomic E-state index is -0.749. The van der Waals surface area contributed by atoms with Crippen molar-refractivity contribution in [2.24, 2.45) is 0 Å². The predicted molar refractivity (Wildman–Crippen MR) is 101 cm³/mol. The third-order valence-electron chi connectivity index (χ3n) is 4.58. The van der Waals surface area contributed by atoms with Gasteiger partial charge >= 0.3 is 0 Å². The molecular formula is C20H20N4O2. The second-order valence-corrected chi connectivity index (χ2v) is 6.51. The highest BCUT2D eigenvalue weighted by Crippen LogP contribution is 2.44. The van der Waals surface area contributed by atoms with Crippen molar-refractivity contribution in [1.82, 2.24) is 10.3 Å². The molecule has 0 saturated heterocycles. The fourth-order valence-corrected chi connectivity index (χ4v) is 3.41. The van der Waals surface area contributed by atoms with E-state index < -0.39 is 6.23 Å². The van der Waals surface area contributed by atoms with Crippen molar-refractivity contribution >= 4 is 23.2 Å². The lowest BCUT2D eigenvalue weighted by Crippen LogP contribution is -2.15. The summed E-state index contributed by atoms with van der Waals surface area (Å²) in [6.07, 6.45) is 2.18. The molecule has 3 aromatic rings. The van der Waals surface area contributed by atoms with E-state index in [1.54, 1.807) is 6.92 Å². The van der Waals surface area contributed by atoms with Crippen LogP contribution < -0.4 is 11.1 Å². The minimum absolute atomic E-state index is 0.122. The number of anilines is 2. The minimum Gasteiger partial charge on any atom is -0.399 e. The van der Waals surface area contributed by atoms with E-state index in [1.807, 2.05) is 36.4 Å². The van der Waals surface area contributed by atoms with Crippen LogP contribution in [-0.2, 0) is 6.42 Å². The fraction of sp³-hybridized carbons (Fsp3) is 0.200. The van der Waals surface area contributed by atoms with E-state index in [4.69, 9.17) is 10.4 Å². The maximum Gasteiger partial charge on any atom is 0.200 e. The Morgan fingerprint density at radius 3 is 2.69 bits per heavy atom. The van der Waals surface area contributed by atoms with E-state index in [1.165, 1.54) is 11.1 Å². The number of aliphatic hydroxyl groups is 1. The lowest BCUT2D eigenvalue weighted by molar-refractivity contribution is 0.222. The van der Waals surface area contributed by atoms with Gasteiger partial charge in [-0.05, 0) is 64.1 Å². The highest BCUT2D eigenvalue weighted by atomic mass is 16.6. The average molecular weight is 348 g/mol. The van der Waals surface area contributed by atoms with Crippen LogP contribution in [0.1, 0.15) is 35.2 Å². The maximum atomic E-state index is 9.64. The van der Waals surface area contributed by atoms with E-state index in [9.17, 15) is 5.11 Å². The van der Waals surface area contributed by atoms with Gasteiger partial charge < -0.3 is 16.2 Å². The van der Waals surface area contributed by atoms with Crippen molar-refractivity contribution in [3.8, 4) is 0 Å². The standard InChI is InChI=1S/C20H20N4O2/c1-12(25)22-20-19(23-26-24-20)18-11-14-4-2-3-5-16(14)17(18)10-13-6-8-15(21)9-7-13/h2-9,11-12,17,25H,10,21H2,1H3,(H,22,24). The van der Waals surface area contributed by atoms with E-state index in [0.29, 0.717) is 11.5 Å². The summed E-state index contributed by atoms with van der Waals surface area (Å²) in [4.78, 5) is 0. The second-order valence-electron chi connectivity index (χ2n) is 6.51. The lowest BCUT2D eigenvalue weighted by Gasteiger charge is -2.17. The molecule has 0 saturated carbocycles. The summed E-state index contributed by atoms with van der Waals surface area (Å²) in [6, 6.07) is 16.2. The van der Waals surface area contributed by atoms with Gasteiger partial charge in [-0.25, -0.2) is 4.63 Å². The summed E-state index contributed by atoms with van der Waals surface area (Å²) in [6.45, 7) is 1.63. The van der Waals surface area contributed by atoms with Gasteiger partial charge in [-0.3, -0.25) is 0 Å². The van der Waals surface area contributed by atoms with Crippen LogP contribution in [0.4, 0.5) is 11.5 Å². The number of rotatable bonds is 5. The molecule has 4 rings (SSSR count). The number of nitrogens with one attached hydrogen (secondary N) is 1. The monoisotopic (exact) mass is 348 g/mol. The number of nitrogen functional groups attached to an aromatic ring is 1. The molecule has 1 aliphatic rings. The smallest absolute Gasteiger partial charge is 0.200 e. The van der Waals surface area contributed by atoms with E-state index >= 15 is 0 Å². The maximum absolute atomic E-state index is 9.64. The number of hydrogen-bond donors (Lipinski definition) is 3. The van der Waals surface area contributed by atoms with Crippen molar-refractivity contribution in [3.05, 3.63) is 70.9 Å². The van der Waals surface area contributed by atoms with Gasteiger partial charge in [0.25, 0.3) is 0 Å². The molecular weight excluding hydrogens is 328 g/mol. The van der Waals surface area contributed by atoms with Crippen LogP contribution in [0.5, 0.6) is 0 Å². The third-order valence-corrected chi connectivity index (χ3v) is 4.58. The van der Waals surface area contributed by atoms with Crippen molar-refractivity contribution in [2.75, 3.05) is 11.1 Å². The first-order valence-electron chi connectivity index (χ1n) is 8.54. The van der Waals surface area contributed by atoms with E-state index in [0.717, 1.165) is 23.2 Å². The number of aromatic nitrogens is 2. The van der Waals surface area contributed by atoms with Gasteiger partial charge in [0.1, 0.15) is 6.23 Å². The number of nitrogens with zero attached hydrogens (tertiary/aromatic N) is 2. The van der Waals surface area contributed by atoms with Gasteiger partial charge in [-0.1, -0.05) is 36.4 Å². The van der Waals surface area contributed by atoms with Crippen LogP contribution in [-0.4, -0.2) is 21.6 Å². The van der Waals surface area contributed by atoms with Crippen LogP contribution >= 0.6 is 0 Å². The molecule has 1 aliphatic carbocycles. The first kappa shape index (κ1) is 16.4. The highest BCUT2D eigenvalue weighted by molar-refractivity contribution is 5.93. The lowest BCUT2D eigenvalue weighted by atomic mass is 9.88. The Bertz CT molecular complexity index is 944. The molecule has 6 nitrogen and oxygen atoms in total. The predicted octanol–water partition coefficient (Wildman–Crippen LogP) is 3.28. The van der Waals surface area contributed by atoms with Gasteiger partial charge in [-0.2, -0.15) is 0 Å². The Kier molecular flexibility index (Phi) is 4.18. The van der Waals surface area contributed by atoms with Crippen molar-refractivity contribution < 1.29 is 9.74 Å². The molecule has 26 heavy (non-hydrogen) atoms. The molecule has 0 aliphatic heterocycles. The van der Waals surface area contributed by atoms with Crippen LogP contribution in [0, 0.1) is 0 Å². The zero-order valence-corrected chi connectivity index (χ0v) is 14.4. The van der Waals surface area contributed by atoms with Crippen LogP contribution in [0.2, 0.25) is 0 Å². The number of nitrogens with two attached hydrogens (primary N) is 1. The number of aliphatic hydroxyl groups excluding tert-OH is 1. The first-order valence-corrected chi connectivity index (χ1v) is 8.54. The van der Waals surface area contributed by atoms with Crippen LogP contribution in [0.15, 0.2) is 53.2 Å². The molecule has 6 heteroatoms. The summed E-state index contributed by atoms with van der Waals surface area (Å²) in [5.74, 6) is 0.567. The molecule has 1 aromatic heterocycles. The van der Waals surface area contributed by atoms with E-state index in [2.05, 4.69) is 33.8 Å². The molecule has 132 valence electrons. The SMILES string of the molecule is CC(O)Nc1nonc1C1=Cc2ccccc2C1Cc1ccc(N)cc1. The molecule has 0 radical (unpaired) electrons. The van der Waals surface area contributed by atoms with Crippen LogP contribution in [0.25, 0.3) is 11.6 Å². The summed E-state index contributed by atoms with van der Waals surface area (Å²) in [7, 11) is 0. The molecule has 1 heterocycles. The number of allylic oxidation sites excluding steroid dienone is 1. The van der Waals surface area contributed by atoms with Gasteiger partial charge in [0.15, 0.2) is 5.69 Å². The van der Waals surface area contributed by atoms with Gasteiger partial charge in [-0.15, -0.1) is 0 Å². The van der Waals surface area contributed by atoms with Crippen LogP contribution in [0.3, 0.4) is 0 Å². The molecule has 0 amide bonds. The van der Waals surface area contributed by atoms with Crippen molar-refractivity contribution in [3.63, 3.8) is 0 Å². The number of fused-ring (bicyclic) bond motifs is 1. The summed E-state index contributed by atoms with van der Waals surface area (Å²) < 4.78 is 4.94. The zero-order chi connectivity index (χ0) is 18.1. The van der Waals surface area contributed by atoms with Gasteiger partial charge in [0, 0.05) is 11.6 Å². The summed E-state index contributed by atoms with van der Waals surface area (Å²) in [5, 5.41) is 20.5. The Labute approximate surface area is 151 Å². The number of benzene rings is 2. The Hall–Kier alpha value is -3.12. The molecule has 0 bridgehead atoms. The quantitative estimate of drug-likeness (QED) is 0.483. The molecule has 0 fully saturated rings. The summed E-state index contributed by atoms with van der Waals surface area (Å²) in [5.41, 5.74) is 11.8. The van der Waals surface area contributed by atoms with Crippen molar-refractivity contribution in [1.29, 1.82) is 0 Å². The van der Waals surface area contributed by atoms with Gasteiger partial charge in [0.2, 0.25) is 5.82 Å². The Morgan fingerprint density at radius 2 is 1.92 bits per heavy atom. The molecule has 2 aromatic carbocycles. The van der Waals surface area contributed by atoms with Gasteiger partial charge in [0.05, 0.1) is 0 Å². The van der Waals surface area contributed by atoms with Crippen molar-refractivity contribution in [2.45, 2.75) is 25.5 Å². The summed E-state index contributed by atoms with van der Waals surface area (Å²) >= 11 is 0. The second kappa shape index (κ2) is 6.65. The number of hydrogen-bond acceptors (Lipinski definition) is 6. The van der Waals surface area contributed by atoms with E-state index in [-0.39, 0.29) is 5.92 Å². The Morgan fingerprint density at radius 1 is 1.15 bits per heavy atom. The normalized spacial score (nSPS) is 16.8. The molecule has 0 spiro atoms. The fourth-order valence-electron chi connectivity index (χ4n) is 3.41. The zero-order valence-electron chi connectivity index (χ0n) is 14.4. The Balaban J connectivity index is 1.73.